The highest BCUT2D eigenvalue weighted by Gasteiger charge is 2.10. The van der Waals surface area contributed by atoms with Crippen LogP contribution in [-0.2, 0) is 0 Å². The molecule has 0 atom stereocenters. The molecule has 0 spiro atoms. The minimum Gasteiger partial charge on any atom is -0.476 e. The zero-order valence-corrected chi connectivity index (χ0v) is 21.1. The molecule has 2 heterocycles. The molecule has 36 heavy (non-hydrogen) atoms. The van der Waals surface area contributed by atoms with Crippen molar-refractivity contribution in [2.24, 2.45) is 0 Å². The van der Waals surface area contributed by atoms with Crippen LogP contribution in [0.3, 0.4) is 0 Å². The summed E-state index contributed by atoms with van der Waals surface area (Å²) in [4.78, 5) is 23.4. The SMILES string of the molecule is Cc1ccc(C(=O)Nc2ccc(OCCN(C)C)nc2)cc1C#Cc1c(N)ncc2ccc(Cl)cc12. The van der Waals surface area contributed by atoms with E-state index in [9.17, 15) is 4.79 Å². The fourth-order valence-corrected chi connectivity index (χ4v) is 3.61. The third-order valence-electron chi connectivity index (χ3n) is 5.49. The number of aryl methyl sites for hydroxylation is 1. The van der Waals surface area contributed by atoms with Crippen molar-refractivity contribution in [2.75, 3.05) is 38.3 Å². The lowest BCUT2D eigenvalue weighted by molar-refractivity contribution is 0.102. The van der Waals surface area contributed by atoms with Gasteiger partial charge in [0.05, 0.1) is 17.4 Å². The number of aromatic nitrogens is 2. The van der Waals surface area contributed by atoms with E-state index in [1.54, 1.807) is 42.7 Å². The maximum atomic E-state index is 12.9. The summed E-state index contributed by atoms with van der Waals surface area (Å²) in [7, 11) is 3.95. The Morgan fingerprint density at radius 1 is 1.08 bits per heavy atom. The fourth-order valence-electron chi connectivity index (χ4n) is 3.43. The number of rotatable bonds is 6. The van der Waals surface area contributed by atoms with Gasteiger partial charge in [0.15, 0.2) is 0 Å². The van der Waals surface area contributed by atoms with Gasteiger partial charge in [-0.2, -0.15) is 0 Å². The number of amides is 1. The number of nitrogens with two attached hydrogens (primary N) is 1. The van der Waals surface area contributed by atoms with E-state index in [0.29, 0.717) is 45.7 Å². The third kappa shape index (κ3) is 6.11. The number of benzene rings is 2. The van der Waals surface area contributed by atoms with E-state index in [1.165, 1.54) is 0 Å². The molecule has 7 nitrogen and oxygen atoms in total. The minimum absolute atomic E-state index is 0.265. The number of fused-ring (bicyclic) bond motifs is 1. The summed E-state index contributed by atoms with van der Waals surface area (Å²) in [6.07, 6.45) is 3.26. The summed E-state index contributed by atoms with van der Waals surface area (Å²) in [5, 5.41) is 5.18. The molecule has 0 unspecified atom stereocenters. The van der Waals surface area contributed by atoms with Gasteiger partial charge in [-0.3, -0.25) is 4.79 Å². The van der Waals surface area contributed by atoms with Crippen LogP contribution in [0.2, 0.25) is 5.02 Å². The Balaban J connectivity index is 1.53. The normalized spacial score (nSPS) is 10.7. The number of hydrogen-bond donors (Lipinski definition) is 2. The number of nitrogens with one attached hydrogen (secondary N) is 1. The molecule has 8 heteroatoms. The summed E-state index contributed by atoms with van der Waals surface area (Å²) in [6, 6.07) is 14.4. The van der Waals surface area contributed by atoms with Crippen LogP contribution in [0.15, 0.2) is 60.9 Å². The van der Waals surface area contributed by atoms with Gasteiger partial charge in [-0.15, -0.1) is 0 Å². The molecular weight excluding hydrogens is 474 g/mol. The Morgan fingerprint density at radius 3 is 2.67 bits per heavy atom. The molecule has 0 saturated carbocycles. The van der Waals surface area contributed by atoms with Crippen molar-refractivity contribution in [1.82, 2.24) is 14.9 Å². The van der Waals surface area contributed by atoms with Crippen LogP contribution >= 0.6 is 11.6 Å². The van der Waals surface area contributed by atoms with E-state index in [4.69, 9.17) is 22.1 Å². The van der Waals surface area contributed by atoms with Crippen LogP contribution in [0.5, 0.6) is 5.88 Å². The maximum Gasteiger partial charge on any atom is 0.255 e. The molecule has 0 aliphatic carbocycles. The second kappa shape index (κ2) is 11.1. The standard InChI is InChI=1S/C28H26ClN5O2/c1-18-4-5-20(28(35)33-23-9-11-26(31-17-23)36-13-12-34(2)3)14-19(18)7-10-24-25-15-22(29)8-6-21(25)16-32-27(24)30/h4-6,8-9,11,14-17H,12-13H2,1-3H3,(H2,30,32)(H,33,35). The van der Waals surface area contributed by atoms with Crippen LogP contribution in [0.1, 0.15) is 27.0 Å². The number of pyridine rings is 2. The van der Waals surface area contributed by atoms with Crippen molar-refractivity contribution in [3.05, 3.63) is 88.2 Å². The summed E-state index contributed by atoms with van der Waals surface area (Å²) in [5.41, 5.74) is 9.41. The van der Waals surface area contributed by atoms with E-state index >= 15 is 0 Å². The average molecular weight is 500 g/mol. The first-order valence-corrected chi connectivity index (χ1v) is 11.7. The summed E-state index contributed by atoms with van der Waals surface area (Å²) in [6.45, 7) is 3.26. The van der Waals surface area contributed by atoms with Gasteiger partial charge in [0.25, 0.3) is 5.91 Å². The summed E-state index contributed by atoms with van der Waals surface area (Å²) < 4.78 is 5.59. The van der Waals surface area contributed by atoms with Crippen molar-refractivity contribution in [2.45, 2.75) is 6.92 Å². The lowest BCUT2D eigenvalue weighted by Crippen LogP contribution is -2.19. The molecule has 1 amide bonds. The Morgan fingerprint density at radius 2 is 1.92 bits per heavy atom. The minimum atomic E-state index is -0.265. The van der Waals surface area contributed by atoms with Crippen LogP contribution in [-0.4, -0.2) is 48.0 Å². The molecule has 0 aliphatic heterocycles. The highest BCUT2D eigenvalue weighted by atomic mass is 35.5. The smallest absolute Gasteiger partial charge is 0.255 e. The van der Waals surface area contributed by atoms with Crippen molar-refractivity contribution in [3.8, 4) is 17.7 Å². The summed E-state index contributed by atoms with van der Waals surface area (Å²) in [5.74, 6) is 6.85. The van der Waals surface area contributed by atoms with Crippen LogP contribution < -0.4 is 15.8 Å². The van der Waals surface area contributed by atoms with Gasteiger partial charge in [-0.05, 0) is 56.9 Å². The van der Waals surface area contributed by atoms with Crippen LogP contribution in [0.25, 0.3) is 10.8 Å². The lowest BCUT2D eigenvalue weighted by atomic mass is 10.0. The second-order valence-corrected chi connectivity index (χ2v) is 8.96. The molecule has 0 aliphatic rings. The molecular formula is C28H26ClN5O2. The zero-order chi connectivity index (χ0) is 25.7. The molecule has 0 saturated heterocycles. The first-order chi connectivity index (χ1) is 17.3. The van der Waals surface area contributed by atoms with E-state index in [-0.39, 0.29) is 5.91 Å². The number of halogens is 1. The lowest BCUT2D eigenvalue weighted by Gasteiger charge is -2.11. The molecule has 0 fully saturated rings. The van der Waals surface area contributed by atoms with E-state index in [2.05, 4.69) is 27.1 Å². The highest BCUT2D eigenvalue weighted by molar-refractivity contribution is 6.31. The Hall–Kier alpha value is -4.12. The molecule has 0 bridgehead atoms. The number of carbonyl (C=O) groups is 1. The quantitative estimate of drug-likeness (QED) is 0.371. The monoisotopic (exact) mass is 499 g/mol. The summed E-state index contributed by atoms with van der Waals surface area (Å²) >= 11 is 6.18. The number of ether oxygens (including phenoxy) is 1. The molecule has 2 aromatic heterocycles. The van der Waals surface area contributed by atoms with Gasteiger partial charge in [0, 0.05) is 45.7 Å². The number of likely N-dealkylation sites (N-methyl/N-ethyl adjacent to an activating group) is 1. The second-order valence-electron chi connectivity index (χ2n) is 8.52. The fraction of sp³-hybridized carbons (Fsp3) is 0.179. The molecule has 0 radical (unpaired) electrons. The van der Waals surface area contributed by atoms with Gasteiger partial charge >= 0.3 is 0 Å². The average Bonchev–Trinajstić information content (AvgIpc) is 2.85. The van der Waals surface area contributed by atoms with Crippen molar-refractivity contribution < 1.29 is 9.53 Å². The number of carbonyl (C=O) groups excluding carboxylic acids is 1. The van der Waals surface area contributed by atoms with E-state index in [1.807, 2.05) is 44.1 Å². The van der Waals surface area contributed by atoms with Gasteiger partial charge in [-0.1, -0.05) is 35.6 Å². The van der Waals surface area contributed by atoms with E-state index in [0.717, 1.165) is 22.9 Å². The van der Waals surface area contributed by atoms with Crippen molar-refractivity contribution in [1.29, 1.82) is 0 Å². The van der Waals surface area contributed by atoms with E-state index < -0.39 is 0 Å². The Bertz CT molecular complexity index is 1470. The van der Waals surface area contributed by atoms with Gasteiger partial charge in [-0.25, -0.2) is 9.97 Å². The highest BCUT2D eigenvalue weighted by Crippen LogP contribution is 2.25. The Labute approximate surface area is 215 Å². The predicted molar refractivity (Wildman–Crippen MR) is 145 cm³/mol. The van der Waals surface area contributed by atoms with Gasteiger partial charge in [0.1, 0.15) is 12.4 Å². The van der Waals surface area contributed by atoms with Gasteiger partial charge < -0.3 is 20.7 Å². The number of hydrogen-bond acceptors (Lipinski definition) is 6. The van der Waals surface area contributed by atoms with Gasteiger partial charge in [0.2, 0.25) is 5.88 Å². The number of nitrogen functional groups attached to an aromatic ring is 1. The number of nitrogens with zero attached hydrogens (tertiary/aromatic N) is 3. The molecule has 3 N–H and O–H groups in total. The van der Waals surface area contributed by atoms with Crippen molar-refractivity contribution >= 4 is 39.8 Å². The maximum absolute atomic E-state index is 12.9. The van der Waals surface area contributed by atoms with Crippen molar-refractivity contribution in [3.63, 3.8) is 0 Å². The zero-order valence-electron chi connectivity index (χ0n) is 20.3. The number of anilines is 2. The molecule has 182 valence electrons. The molecule has 4 rings (SSSR count). The third-order valence-corrected chi connectivity index (χ3v) is 5.72. The predicted octanol–water partition coefficient (Wildman–Crippen LogP) is 4.77. The topological polar surface area (TPSA) is 93.4 Å². The molecule has 4 aromatic rings. The Kier molecular flexibility index (Phi) is 7.69. The van der Waals surface area contributed by atoms with Crippen LogP contribution in [0.4, 0.5) is 11.5 Å². The van der Waals surface area contributed by atoms with Crippen LogP contribution in [0, 0.1) is 18.8 Å². The first-order valence-electron chi connectivity index (χ1n) is 11.3. The molecule has 2 aromatic carbocycles. The largest absolute Gasteiger partial charge is 0.476 e. The first kappa shape index (κ1) is 25.0.